The second-order valence-corrected chi connectivity index (χ2v) is 7.22. The van der Waals surface area contributed by atoms with Gasteiger partial charge in [0.1, 0.15) is 6.10 Å². The monoisotopic (exact) mass is 338 g/mol. The highest BCUT2D eigenvalue weighted by atomic mass is 16.5. The van der Waals surface area contributed by atoms with Crippen LogP contribution in [0.3, 0.4) is 0 Å². The van der Waals surface area contributed by atoms with Crippen LogP contribution in [0.5, 0.6) is 6.01 Å². The minimum absolute atomic E-state index is 0.195. The third-order valence-corrected chi connectivity index (χ3v) is 5.37. The van der Waals surface area contributed by atoms with Crippen molar-refractivity contribution in [1.82, 2.24) is 9.97 Å². The standard InChI is InChI=1S/C21H26N2O2/c24-13-12-15-8-10-16(11-9-15)14-20-18-6-3-7-19(18)22-21(23-20)25-17-4-1-2-5-17/h8-11,17,24H,1-7,12-14H2. The van der Waals surface area contributed by atoms with Crippen molar-refractivity contribution in [3.05, 3.63) is 52.3 Å². The third kappa shape index (κ3) is 3.84. The Morgan fingerprint density at radius 1 is 0.960 bits per heavy atom. The van der Waals surface area contributed by atoms with Crippen LogP contribution in [0.1, 0.15) is 60.2 Å². The molecule has 0 saturated heterocycles. The van der Waals surface area contributed by atoms with Crippen LogP contribution in [0.4, 0.5) is 0 Å². The van der Waals surface area contributed by atoms with Gasteiger partial charge in [-0.3, -0.25) is 0 Å². The molecule has 0 spiro atoms. The average molecular weight is 338 g/mol. The molecule has 1 saturated carbocycles. The number of benzene rings is 1. The van der Waals surface area contributed by atoms with E-state index >= 15 is 0 Å². The number of fused-ring (bicyclic) bond motifs is 1. The Bertz CT molecular complexity index is 721. The number of hydrogen-bond acceptors (Lipinski definition) is 4. The van der Waals surface area contributed by atoms with Gasteiger partial charge in [-0.05, 0) is 68.1 Å². The fourth-order valence-corrected chi connectivity index (χ4v) is 3.99. The zero-order chi connectivity index (χ0) is 17.1. The molecule has 1 heterocycles. The molecule has 4 heteroatoms. The largest absolute Gasteiger partial charge is 0.460 e. The van der Waals surface area contributed by atoms with Crippen LogP contribution in [0, 0.1) is 0 Å². The molecule has 1 fully saturated rings. The zero-order valence-electron chi connectivity index (χ0n) is 14.7. The van der Waals surface area contributed by atoms with E-state index in [9.17, 15) is 0 Å². The first kappa shape index (κ1) is 16.5. The van der Waals surface area contributed by atoms with E-state index in [1.807, 2.05) is 0 Å². The van der Waals surface area contributed by atoms with Gasteiger partial charge in [-0.2, -0.15) is 9.97 Å². The van der Waals surface area contributed by atoms with Gasteiger partial charge in [-0.1, -0.05) is 24.3 Å². The molecular formula is C21H26N2O2. The quantitative estimate of drug-likeness (QED) is 0.877. The zero-order valence-corrected chi connectivity index (χ0v) is 14.7. The Morgan fingerprint density at radius 2 is 1.72 bits per heavy atom. The Hall–Kier alpha value is -1.94. The molecule has 4 rings (SSSR count). The highest BCUT2D eigenvalue weighted by molar-refractivity contribution is 5.35. The molecule has 25 heavy (non-hydrogen) atoms. The third-order valence-electron chi connectivity index (χ3n) is 5.37. The first-order valence-corrected chi connectivity index (χ1v) is 9.56. The summed E-state index contributed by atoms with van der Waals surface area (Å²) in [5, 5.41) is 9.05. The SMILES string of the molecule is OCCc1ccc(Cc2nc(OC3CCCC3)nc3c2CCC3)cc1. The Labute approximate surface area is 149 Å². The normalized spacial score (nSPS) is 17.0. The van der Waals surface area contributed by atoms with Crippen LogP contribution in [-0.4, -0.2) is 27.8 Å². The maximum absolute atomic E-state index is 9.05. The molecule has 2 aliphatic rings. The van der Waals surface area contributed by atoms with E-state index in [2.05, 4.69) is 24.3 Å². The van der Waals surface area contributed by atoms with Crippen molar-refractivity contribution < 1.29 is 9.84 Å². The smallest absolute Gasteiger partial charge is 0.317 e. The van der Waals surface area contributed by atoms with E-state index in [-0.39, 0.29) is 6.61 Å². The van der Waals surface area contributed by atoms with Gasteiger partial charge >= 0.3 is 6.01 Å². The average Bonchev–Trinajstić information content (AvgIpc) is 3.28. The molecular weight excluding hydrogens is 312 g/mol. The molecule has 0 atom stereocenters. The number of aromatic nitrogens is 2. The predicted octanol–water partition coefficient (Wildman–Crippen LogP) is 3.41. The summed E-state index contributed by atoms with van der Waals surface area (Å²) in [6.07, 6.45) is 9.88. The lowest BCUT2D eigenvalue weighted by atomic mass is 10.0. The Balaban J connectivity index is 1.56. The van der Waals surface area contributed by atoms with Crippen molar-refractivity contribution in [2.45, 2.75) is 63.9 Å². The van der Waals surface area contributed by atoms with E-state index in [0.717, 1.165) is 37.8 Å². The lowest BCUT2D eigenvalue weighted by Gasteiger charge is -2.14. The summed E-state index contributed by atoms with van der Waals surface area (Å²) in [5.41, 5.74) is 6.07. The van der Waals surface area contributed by atoms with Crippen LogP contribution in [0.2, 0.25) is 0 Å². The molecule has 1 aromatic heterocycles. The number of nitrogens with zero attached hydrogens (tertiary/aromatic N) is 2. The van der Waals surface area contributed by atoms with Gasteiger partial charge in [-0.15, -0.1) is 0 Å². The lowest BCUT2D eigenvalue weighted by Crippen LogP contribution is -2.15. The highest BCUT2D eigenvalue weighted by Gasteiger charge is 2.23. The molecule has 2 aliphatic carbocycles. The summed E-state index contributed by atoms with van der Waals surface area (Å²) in [4.78, 5) is 9.48. The van der Waals surface area contributed by atoms with Crippen LogP contribution < -0.4 is 4.74 Å². The minimum atomic E-state index is 0.195. The molecule has 0 amide bonds. The van der Waals surface area contributed by atoms with Gasteiger partial charge in [-0.25, -0.2) is 0 Å². The van der Waals surface area contributed by atoms with Crippen LogP contribution in [0.15, 0.2) is 24.3 Å². The molecule has 132 valence electrons. The van der Waals surface area contributed by atoms with Crippen molar-refractivity contribution in [2.75, 3.05) is 6.61 Å². The molecule has 4 nitrogen and oxygen atoms in total. The van der Waals surface area contributed by atoms with Gasteiger partial charge < -0.3 is 9.84 Å². The predicted molar refractivity (Wildman–Crippen MR) is 97.0 cm³/mol. The van der Waals surface area contributed by atoms with E-state index < -0.39 is 0 Å². The van der Waals surface area contributed by atoms with Crippen molar-refractivity contribution >= 4 is 0 Å². The molecule has 1 N–H and O–H groups in total. The topological polar surface area (TPSA) is 55.2 Å². The van der Waals surface area contributed by atoms with Gasteiger partial charge in [0.2, 0.25) is 0 Å². The maximum Gasteiger partial charge on any atom is 0.317 e. The summed E-state index contributed by atoms with van der Waals surface area (Å²) in [6.45, 7) is 0.195. The molecule has 0 unspecified atom stereocenters. The van der Waals surface area contributed by atoms with Crippen molar-refractivity contribution in [1.29, 1.82) is 0 Å². The number of aliphatic hydroxyl groups excluding tert-OH is 1. The Kier molecular flexibility index (Phi) is 4.97. The molecule has 1 aromatic carbocycles. The summed E-state index contributed by atoms with van der Waals surface area (Å²) in [7, 11) is 0. The molecule has 2 aromatic rings. The number of hydrogen-bond donors (Lipinski definition) is 1. The number of aryl methyl sites for hydroxylation is 1. The highest BCUT2D eigenvalue weighted by Crippen LogP contribution is 2.28. The minimum Gasteiger partial charge on any atom is -0.460 e. The second-order valence-electron chi connectivity index (χ2n) is 7.22. The summed E-state index contributed by atoms with van der Waals surface area (Å²) >= 11 is 0. The van der Waals surface area contributed by atoms with E-state index in [4.69, 9.17) is 19.8 Å². The van der Waals surface area contributed by atoms with Crippen molar-refractivity contribution in [2.24, 2.45) is 0 Å². The van der Waals surface area contributed by atoms with Crippen LogP contribution >= 0.6 is 0 Å². The first-order valence-electron chi connectivity index (χ1n) is 9.56. The van der Waals surface area contributed by atoms with Gasteiger partial charge in [0.15, 0.2) is 0 Å². The van der Waals surface area contributed by atoms with Crippen LogP contribution in [-0.2, 0) is 25.7 Å². The number of rotatable bonds is 6. The summed E-state index contributed by atoms with van der Waals surface area (Å²) in [6, 6.07) is 9.07. The van der Waals surface area contributed by atoms with E-state index in [0.29, 0.717) is 18.5 Å². The number of aliphatic hydroxyl groups is 1. The molecule has 0 aliphatic heterocycles. The van der Waals surface area contributed by atoms with E-state index in [1.54, 1.807) is 0 Å². The van der Waals surface area contributed by atoms with Crippen LogP contribution in [0.25, 0.3) is 0 Å². The fraction of sp³-hybridized carbons (Fsp3) is 0.524. The first-order chi connectivity index (χ1) is 12.3. The summed E-state index contributed by atoms with van der Waals surface area (Å²) < 4.78 is 6.08. The van der Waals surface area contributed by atoms with Gasteiger partial charge in [0.05, 0.1) is 11.4 Å². The van der Waals surface area contributed by atoms with Crippen molar-refractivity contribution in [3.63, 3.8) is 0 Å². The molecule has 0 bridgehead atoms. The van der Waals surface area contributed by atoms with Gasteiger partial charge in [0, 0.05) is 13.0 Å². The Morgan fingerprint density at radius 3 is 2.48 bits per heavy atom. The summed E-state index contributed by atoms with van der Waals surface area (Å²) in [5.74, 6) is 0. The van der Waals surface area contributed by atoms with Crippen molar-refractivity contribution in [3.8, 4) is 6.01 Å². The molecule has 0 radical (unpaired) electrons. The fourth-order valence-electron chi connectivity index (χ4n) is 3.99. The maximum atomic E-state index is 9.05. The second kappa shape index (κ2) is 7.52. The van der Waals surface area contributed by atoms with Gasteiger partial charge in [0.25, 0.3) is 0 Å². The lowest BCUT2D eigenvalue weighted by molar-refractivity contribution is 0.191. The van der Waals surface area contributed by atoms with E-state index in [1.165, 1.54) is 41.6 Å². The number of ether oxygens (including phenoxy) is 1.